The van der Waals surface area contributed by atoms with Crippen LogP contribution in [0.1, 0.15) is 32.9 Å². The van der Waals surface area contributed by atoms with Crippen molar-refractivity contribution in [3.05, 3.63) is 23.9 Å². The van der Waals surface area contributed by atoms with Crippen molar-refractivity contribution in [2.75, 3.05) is 38.1 Å². The zero-order valence-electron chi connectivity index (χ0n) is 14.0. The highest BCUT2D eigenvalue weighted by atomic mass is 15.3. The van der Waals surface area contributed by atoms with Crippen molar-refractivity contribution < 1.29 is 0 Å². The Morgan fingerprint density at radius 3 is 2.86 bits per heavy atom. The summed E-state index contributed by atoms with van der Waals surface area (Å²) in [5.41, 5.74) is 1.14. The van der Waals surface area contributed by atoms with E-state index >= 15 is 0 Å². The minimum absolute atomic E-state index is 0.642. The monoisotopic (exact) mass is 290 g/mol. The molecule has 0 amide bonds. The van der Waals surface area contributed by atoms with Crippen molar-refractivity contribution in [2.24, 2.45) is 5.92 Å². The molecule has 1 aliphatic rings. The number of hydrogen-bond donors (Lipinski definition) is 1. The smallest absolute Gasteiger partial charge is 0.128 e. The summed E-state index contributed by atoms with van der Waals surface area (Å²) in [6.07, 6.45) is 1.20. The largest absolute Gasteiger partial charge is 0.354 e. The summed E-state index contributed by atoms with van der Waals surface area (Å²) < 4.78 is 0. The Morgan fingerprint density at radius 1 is 1.33 bits per heavy atom. The van der Waals surface area contributed by atoms with Crippen molar-refractivity contribution in [2.45, 2.75) is 39.8 Å². The molecule has 0 spiro atoms. The highest BCUT2D eigenvalue weighted by molar-refractivity contribution is 5.40. The maximum atomic E-state index is 4.83. The third-order valence-electron chi connectivity index (χ3n) is 4.22. The highest BCUT2D eigenvalue weighted by Gasteiger charge is 2.23. The number of rotatable bonds is 6. The van der Waals surface area contributed by atoms with E-state index in [1.54, 1.807) is 0 Å². The third-order valence-corrected chi connectivity index (χ3v) is 4.22. The maximum Gasteiger partial charge on any atom is 0.128 e. The second-order valence-electron chi connectivity index (χ2n) is 6.50. The highest BCUT2D eigenvalue weighted by Crippen LogP contribution is 2.18. The van der Waals surface area contributed by atoms with Crippen LogP contribution < -0.4 is 10.2 Å². The molecule has 2 heterocycles. The Labute approximate surface area is 129 Å². The summed E-state index contributed by atoms with van der Waals surface area (Å²) in [7, 11) is 2.23. The number of pyridine rings is 1. The third kappa shape index (κ3) is 4.68. The first-order valence-corrected chi connectivity index (χ1v) is 8.22. The van der Waals surface area contributed by atoms with Gasteiger partial charge in [0.2, 0.25) is 0 Å². The standard InChI is InChI=1S/C17H30N4/c1-5-16-13-21(10-9-20(16)4)17-8-6-7-15(19-17)12-18-11-14(2)3/h6-8,14,16,18H,5,9-13H2,1-4H3. The van der Waals surface area contributed by atoms with Crippen LogP contribution in [0.3, 0.4) is 0 Å². The van der Waals surface area contributed by atoms with E-state index in [2.05, 4.69) is 61.1 Å². The average Bonchev–Trinajstić information content (AvgIpc) is 2.47. The van der Waals surface area contributed by atoms with Crippen molar-refractivity contribution in [3.63, 3.8) is 0 Å². The SMILES string of the molecule is CCC1CN(c2cccc(CNCC(C)C)n2)CCN1C. The number of nitrogens with one attached hydrogen (secondary N) is 1. The Kier molecular flexibility index (Phi) is 6.00. The van der Waals surface area contributed by atoms with Gasteiger partial charge in [-0.2, -0.15) is 0 Å². The summed E-state index contributed by atoms with van der Waals surface area (Å²) in [5, 5.41) is 3.47. The number of piperazine rings is 1. The van der Waals surface area contributed by atoms with Crippen molar-refractivity contribution >= 4 is 5.82 Å². The lowest BCUT2D eigenvalue weighted by Crippen LogP contribution is -2.51. The van der Waals surface area contributed by atoms with Crippen LogP contribution in [0, 0.1) is 5.92 Å². The van der Waals surface area contributed by atoms with E-state index in [0.29, 0.717) is 12.0 Å². The molecule has 2 rings (SSSR count). The predicted octanol–water partition coefficient (Wildman–Crippen LogP) is 2.36. The Hall–Kier alpha value is -1.13. The van der Waals surface area contributed by atoms with Gasteiger partial charge in [-0.1, -0.05) is 26.8 Å². The molecule has 1 fully saturated rings. The minimum Gasteiger partial charge on any atom is -0.354 e. The molecular formula is C17H30N4. The van der Waals surface area contributed by atoms with Crippen molar-refractivity contribution in [1.29, 1.82) is 0 Å². The first-order valence-electron chi connectivity index (χ1n) is 8.22. The lowest BCUT2D eigenvalue weighted by atomic mass is 10.1. The minimum atomic E-state index is 0.642. The van der Waals surface area contributed by atoms with Crippen LogP contribution in [-0.4, -0.2) is 49.2 Å². The zero-order valence-corrected chi connectivity index (χ0v) is 14.0. The molecule has 1 N–H and O–H groups in total. The molecule has 118 valence electrons. The van der Waals surface area contributed by atoms with Crippen molar-refractivity contribution in [3.8, 4) is 0 Å². The molecule has 4 heteroatoms. The van der Waals surface area contributed by atoms with Crippen LogP contribution in [-0.2, 0) is 6.54 Å². The molecule has 1 aromatic heterocycles. The van der Waals surface area contributed by atoms with Crippen LogP contribution in [0.25, 0.3) is 0 Å². The van der Waals surface area contributed by atoms with Crippen LogP contribution in [0.4, 0.5) is 5.82 Å². The number of anilines is 1. The molecule has 0 saturated carbocycles. The second kappa shape index (κ2) is 7.76. The van der Waals surface area contributed by atoms with Gasteiger partial charge in [0, 0.05) is 32.2 Å². The van der Waals surface area contributed by atoms with Gasteiger partial charge >= 0.3 is 0 Å². The van der Waals surface area contributed by atoms with Gasteiger partial charge in [-0.05, 0) is 38.1 Å². The molecule has 0 aromatic carbocycles. The summed E-state index contributed by atoms with van der Waals surface area (Å²) in [6.45, 7) is 11.9. The van der Waals surface area contributed by atoms with E-state index in [1.165, 1.54) is 6.42 Å². The lowest BCUT2D eigenvalue weighted by Gasteiger charge is -2.39. The van der Waals surface area contributed by atoms with Gasteiger partial charge in [-0.25, -0.2) is 4.98 Å². The fraction of sp³-hybridized carbons (Fsp3) is 0.706. The van der Waals surface area contributed by atoms with Crippen LogP contribution in [0.2, 0.25) is 0 Å². The zero-order chi connectivity index (χ0) is 15.2. The van der Waals surface area contributed by atoms with Crippen LogP contribution in [0.5, 0.6) is 0 Å². The van der Waals surface area contributed by atoms with E-state index in [9.17, 15) is 0 Å². The van der Waals surface area contributed by atoms with E-state index in [4.69, 9.17) is 4.98 Å². The first-order chi connectivity index (χ1) is 10.1. The van der Waals surface area contributed by atoms with Crippen molar-refractivity contribution in [1.82, 2.24) is 15.2 Å². The molecule has 1 aliphatic heterocycles. The Bertz CT molecular complexity index is 433. The van der Waals surface area contributed by atoms with Crippen LogP contribution in [0.15, 0.2) is 18.2 Å². The maximum absolute atomic E-state index is 4.83. The lowest BCUT2D eigenvalue weighted by molar-refractivity contribution is 0.213. The average molecular weight is 290 g/mol. The first kappa shape index (κ1) is 16.2. The fourth-order valence-electron chi connectivity index (χ4n) is 2.83. The number of hydrogen-bond acceptors (Lipinski definition) is 4. The van der Waals surface area contributed by atoms with Gasteiger partial charge in [0.05, 0.1) is 5.69 Å². The Morgan fingerprint density at radius 2 is 2.14 bits per heavy atom. The number of aromatic nitrogens is 1. The molecule has 0 aliphatic carbocycles. The van der Waals surface area contributed by atoms with Gasteiger partial charge in [0.15, 0.2) is 0 Å². The quantitative estimate of drug-likeness (QED) is 0.871. The molecular weight excluding hydrogens is 260 g/mol. The molecule has 1 saturated heterocycles. The fourth-order valence-corrected chi connectivity index (χ4v) is 2.83. The molecule has 1 aromatic rings. The molecule has 0 radical (unpaired) electrons. The molecule has 4 nitrogen and oxygen atoms in total. The molecule has 21 heavy (non-hydrogen) atoms. The van der Waals surface area contributed by atoms with Crippen LogP contribution >= 0.6 is 0 Å². The predicted molar refractivity (Wildman–Crippen MR) is 89.7 cm³/mol. The summed E-state index contributed by atoms with van der Waals surface area (Å²) in [6, 6.07) is 7.03. The molecule has 1 unspecified atom stereocenters. The normalized spacial score (nSPS) is 20.2. The van der Waals surface area contributed by atoms with Gasteiger partial charge in [-0.15, -0.1) is 0 Å². The van der Waals surface area contributed by atoms with Gasteiger partial charge < -0.3 is 10.2 Å². The molecule has 0 bridgehead atoms. The van der Waals surface area contributed by atoms with Gasteiger partial charge in [0.1, 0.15) is 5.82 Å². The summed E-state index contributed by atoms with van der Waals surface area (Å²) in [4.78, 5) is 9.73. The van der Waals surface area contributed by atoms with Gasteiger partial charge in [-0.3, -0.25) is 4.90 Å². The Balaban J connectivity index is 1.97. The molecule has 1 atom stereocenters. The summed E-state index contributed by atoms with van der Waals surface area (Å²) in [5.74, 6) is 1.81. The topological polar surface area (TPSA) is 31.4 Å². The summed E-state index contributed by atoms with van der Waals surface area (Å²) >= 11 is 0. The van der Waals surface area contributed by atoms with E-state index in [1.807, 2.05) is 0 Å². The van der Waals surface area contributed by atoms with Gasteiger partial charge in [0.25, 0.3) is 0 Å². The van der Waals surface area contributed by atoms with E-state index in [-0.39, 0.29) is 0 Å². The second-order valence-corrected chi connectivity index (χ2v) is 6.50. The number of likely N-dealkylation sites (N-methyl/N-ethyl adjacent to an activating group) is 1. The van der Waals surface area contributed by atoms with E-state index < -0.39 is 0 Å². The number of nitrogens with zero attached hydrogens (tertiary/aromatic N) is 3. The van der Waals surface area contributed by atoms with E-state index in [0.717, 1.165) is 44.2 Å².